The molecule has 1 aliphatic rings. The van der Waals surface area contributed by atoms with Crippen LogP contribution in [0.15, 0.2) is 48.5 Å². The summed E-state index contributed by atoms with van der Waals surface area (Å²) in [7, 11) is 1.57. The third kappa shape index (κ3) is 3.13. The van der Waals surface area contributed by atoms with E-state index < -0.39 is 5.41 Å². The highest BCUT2D eigenvalue weighted by molar-refractivity contribution is 6.00. The molecule has 5 heteroatoms. The first-order valence-electron chi connectivity index (χ1n) is 7.46. The zero-order valence-corrected chi connectivity index (χ0v) is 13.9. The summed E-state index contributed by atoms with van der Waals surface area (Å²) in [6, 6.07) is 15.3. The number of anilines is 2. The van der Waals surface area contributed by atoms with Crippen molar-refractivity contribution in [3.63, 3.8) is 0 Å². The van der Waals surface area contributed by atoms with Crippen LogP contribution in [-0.2, 0) is 10.2 Å². The van der Waals surface area contributed by atoms with Crippen LogP contribution in [0.25, 0.3) is 0 Å². The number of nitrogens with two attached hydrogens (primary N) is 1. The molecule has 0 unspecified atom stereocenters. The van der Waals surface area contributed by atoms with Crippen LogP contribution in [0.2, 0.25) is 0 Å². The van der Waals surface area contributed by atoms with E-state index in [2.05, 4.69) is 5.32 Å². The number of carbonyl (C=O) groups excluding carboxylic acids is 1. The molecule has 0 aliphatic heterocycles. The van der Waals surface area contributed by atoms with Gasteiger partial charge in [-0.1, -0.05) is 36.8 Å². The summed E-state index contributed by atoms with van der Waals surface area (Å²) in [5.74, 6) is 0.647. The van der Waals surface area contributed by atoms with Gasteiger partial charge < -0.3 is 15.8 Å². The van der Waals surface area contributed by atoms with Crippen molar-refractivity contribution in [1.29, 1.82) is 0 Å². The highest BCUT2D eigenvalue weighted by Crippen LogP contribution is 2.44. The molecular weight excluding hydrogens is 312 g/mol. The number of benzene rings is 2. The number of hydrogen-bond donors (Lipinski definition) is 2. The Morgan fingerprint density at radius 3 is 2.39 bits per heavy atom. The van der Waals surface area contributed by atoms with Crippen molar-refractivity contribution in [3.05, 3.63) is 54.1 Å². The molecule has 23 heavy (non-hydrogen) atoms. The third-order valence-corrected chi connectivity index (χ3v) is 4.46. The van der Waals surface area contributed by atoms with E-state index in [1.165, 1.54) is 0 Å². The molecule has 4 nitrogen and oxygen atoms in total. The van der Waals surface area contributed by atoms with Gasteiger partial charge in [0.2, 0.25) is 5.91 Å². The predicted molar refractivity (Wildman–Crippen MR) is 95.3 cm³/mol. The number of methoxy groups -OCH3 is 1. The standard InChI is InChI=1S/C18H20N2O2.ClH/c1-22-16-9-8-14(12-15(16)19)20-17(21)18(10-5-11-18)13-6-3-2-4-7-13;/h2-4,6-9,12H,5,10-11,19H2,1H3,(H,20,21);1H. The third-order valence-electron chi connectivity index (χ3n) is 4.46. The number of ether oxygens (including phenoxy) is 1. The Hall–Kier alpha value is -2.20. The first-order chi connectivity index (χ1) is 10.7. The summed E-state index contributed by atoms with van der Waals surface area (Å²) in [6.07, 6.45) is 2.84. The number of hydrogen-bond acceptors (Lipinski definition) is 3. The molecule has 1 aliphatic carbocycles. The second-order valence-corrected chi connectivity index (χ2v) is 5.71. The number of amides is 1. The topological polar surface area (TPSA) is 64.3 Å². The molecule has 0 radical (unpaired) electrons. The lowest BCUT2D eigenvalue weighted by Crippen LogP contribution is -2.45. The molecular formula is C18H21ClN2O2. The molecule has 0 bridgehead atoms. The van der Waals surface area contributed by atoms with Crippen molar-refractivity contribution in [3.8, 4) is 5.75 Å². The molecule has 0 spiro atoms. The van der Waals surface area contributed by atoms with E-state index in [0.717, 1.165) is 24.8 Å². The van der Waals surface area contributed by atoms with Gasteiger partial charge in [0.05, 0.1) is 18.2 Å². The molecule has 0 heterocycles. The fourth-order valence-corrected chi connectivity index (χ4v) is 3.00. The number of nitrogen functional groups attached to an aromatic ring is 1. The van der Waals surface area contributed by atoms with E-state index in [-0.39, 0.29) is 18.3 Å². The Kier molecular flexibility index (Phi) is 5.16. The first kappa shape index (κ1) is 17.2. The smallest absolute Gasteiger partial charge is 0.235 e. The average molecular weight is 333 g/mol. The first-order valence-corrected chi connectivity index (χ1v) is 7.46. The van der Waals surface area contributed by atoms with Gasteiger partial charge in [-0.25, -0.2) is 0 Å². The minimum Gasteiger partial charge on any atom is -0.495 e. The Morgan fingerprint density at radius 2 is 1.87 bits per heavy atom. The molecule has 1 saturated carbocycles. The Bertz CT molecular complexity index is 685. The second-order valence-electron chi connectivity index (χ2n) is 5.71. The van der Waals surface area contributed by atoms with Crippen molar-refractivity contribution < 1.29 is 9.53 Å². The lowest BCUT2D eigenvalue weighted by atomic mass is 9.64. The van der Waals surface area contributed by atoms with Crippen molar-refractivity contribution >= 4 is 29.7 Å². The van der Waals surface area contributed by atoms with Gasteiger partial charge in [-0.3, -0.25) is 4.79 Å². The summed E-state index contributed by atoms with van der Waals surface area (Å²) in [5.41, 5.74) is 7.79. The van der Waals surface area contributed by atoms with Crippen LogP contribution < -0.4 is 15.8 Å². The Labute approximate surface area is 142 Å². The van der Waals surface area contributed by atoms with Crippen LogP contribution in [0.5, 0.6) is 5.75 Å². The second kappa shape index (κ2) is 6.92. The van der Waals surface area contributed by atoms with Crippen LogP contribution in [-0.4, -0.2) is 13.0 Å². The summed E-state index contributed by atoms with van der Waals surface area (Å²) in [6.45, 7) is 0. The number of carbonyl (C=O) groups is 1. The van der Waals surface area contributed by atoms with Gasteiger partial charge >= 0.3 is 0 Å². The maximum Gasteiger partial charge on any atom is 0.235 e. The van der Waals surface area contributed by atoms with E-state index >= 15 is 0 Å². The minimum atomic E-state index is -0.407. The molecule has 122 valence electrons. The fraction of sp³-hybridized carbons (Fsp3) is 0.278. The molecule has 0 aromatic heterocycles. The molecule has 0 saturated heterocycles. The molecule has 2 aromatic rings. The van der Waals surface area contributed by atoms with Gasteiger partial charge in [-0.15, -0.1) is 12.4 Å². The average Bonchev–Trinajstić information content (AvgIpc) is 2.47. The van der Waals surface area contributed by atoms with E-state index in [9.17, 15) is 4.79 Å². The van der Waals surface area contributed by atoms with E-state index in [0.29, 0.717) is 17.1 Å². The number of rotatable bonds is 4. The van der Waals surface area contributed by atoms with E-state index in [1.54, 1.807) is 19.2 Å². The zero-order chi connectivity index (χ0) is 15.6. The summed E-state index contributed by atoms with van der Waals surface area (Å²) < 4.78 is 5.14. The highest BCUT2D eigenvalue weighted by atomic mass is 35.5. The van der Waals surface area contributed by atoms with Crippen molar-refractivity contribution in [1.82, 2.24) is 0 Å². The molecule has 2 aromatic carbocycles. The van der Waals surface area contributed by atoms with Gasteiger partial charge in [0.15, 0.2) is 0 Å². The van der Waals surface area contributed by atoms with Crippen molar-refractivity contribution in [2.75, 3.05) is 18.2 Å². The fourth-order valence-electron chi connectivity index (χ4n) is 3.00. The van der Waals surface area contributed by atoms with Gasteiger partial charge in [-0.05, 0) is 36.6 Å². The monoisotopic (exact) mass is 332 g/mol. The molecule has 3 N–H and O–H groups in total. The largest absolute Gasteiger partial charge is 0.495 e. The zero-order valence-electron chi connectivity index (χ0n) is 13.0. The van der Waals surface area contributed by atoms with E-state index in [1.807, 2.05) is 36.4 Å². The van der Waals surface area contributed by atoms with Crippen molar-refractivity contribution in [2.24, 2.45) is 0 Å². The van der Waals surface area contributed by atoms with Crippen LogP contribution in [0.1, 0.15) is 24.8 Å². The lowest BCUT2D eigenvalue weighted by Gasteiger charge is -2.40. The molecule has 0 atom stereocenters. The van der Waals surface area contributed by atoms with Crippen LogP contribution in [0, 0.1) is 0 Å². The van der Waals surface area contributed by atoms with Gasteiger partial charge in [-0.2, -0.15) is 0 Å². The molecule has 1 amide bonds. The van der Waals surface area contributed by atoms with E-state index in [4.69, 9.17) is 10.5 Å². The lowest BCUT2D eigenvalue weighted by molar-refractivity contribution is -0.124. The maximum absolute atomic E-state index is 12.8. The summed E-state index contributed by atoms with van der Waals surface area (Å²) in [5, 5.41) is 3.00. The summed E-state index contributed by atoms with van der Waals surface area (Å²) in [4.78, 5) is 12.8. The SMILES string of the molecule is COc1ccc(NC(=O)C2(c3ccccc3)CCC2)cc1N.Cl. The minimum absolute atomic E-state index is 0. The van der Waals surface area contributed by atoms with Crippen LogP contribution >= 0.6 is 12.4 Å². The molecule has 3 rings (SSSR count). The summed E-state index contributed by atoms with van der Waals surface area (Å²) >= 11 is 0. The maximum atomic E-state index is 12.8. The number of halogens is 1. The predicted octanol–water partition coefficient (Wildman–Crippen LogP) is 3.76. The van der Waals surface area contributed by atoms with Gasteiger partial charge in [0.25, 0.3) is 0 Å². The van der Waals surface area contributed by atoms with Crippen LogP contribution in [0.3, 0.4) is 0 Å². The Morgan fingerprint density at radius 1 is 1.17 bits per heavy atom. The van der Waals surface area contributed by atoms with Gasteiger partial charge in [0.1, 0.15) is 5.75 Å². The number of nitrogens with one attached hydrogen (secondary N) is 1. The highest BCUT2D eigenvalue weighted by Gasteiger charge is 2.45. The molecule has 1 fully saturated rings. The van der Waals surface area contributed by atoms with Crippen molar-refractivity contribution in [2.45, 2.75) is 24.7 Å². The quantitative estimate of drug-likeness (QED) is 0.838. The normalized spacial score (nSPS) is 15.0. The van der Waals surface area contributed by atoms with Gasteiger partial charge in [0, 0.05) is 5.69 Å². The van der Waals surface area contributed by atoms with Crippen LogP contribution in [0.4, 0.5) is 11.4 Å². The Balaban J connectivity index is 0.00000192.